The van der Waals surface area contributed by atoms with Crippen molar-refractivity contribution in [1.82, 2.24) is 15.1 Å². The number of hydrogen-bond acceptors (Lipinski definition) is 4. The van der Waals surface area contributed by atoms with Gasteiger partial charge in [-0.05, 0) is 62.1 Å². The lowest BCUT2D eigenvalue weighted by atomic mass is 10.0. The highest BCUT2D eigenvalue weighted by Gasteiger charge is 2.15. The van der Waals surface area contributed by atoms with Crippen molar-refractivity contribution in [2.24, 2.45) is 0 Å². The average Bonchev–Trinajstić information content (AvgIpc) is 3.33. The largest absolute Gasteiger partial charge is 0.485 e. The van der Waals surface area contributed by atoms with E-state index < -0.39 is 0 Å². The van der Waals surface area contributed by atoms with Crippen LogP contribution < -0.4 is 10.1 Å². The molecule has 6 nitrogen and oxygen atoms in total. The van der Waals surface area contributed by atoms with Crippen molar-refractivity contribution in [3.63, 3.8) is 0 Å². The van der Waals surface area contributed by atoms with Crippen LogP contribution in [-0.4, -0.2) is 15.7 Å². The zero-order valence-electron chi connectivity index (χ0n) is 18.1. The zero-order chi connectivity index (χ0) is 21.8. The van der Waals surface area contributed by atoms with Gasteiger partial charge in [0.25, 0.3) is 5.91 Å². The molecule has 0 saturated heterocycles. The van der Waals surface area contributed by atoms with E-state index in [9.17, 15) is 4.79 Å². The van der Waals surface area contributed by atoms with E-state index in [0.717, 1.165) is 39.7 Å². The van der Waals surface area contributed by atoms with Crippen LogP contribution in [0.1, 0.15) is 65.4 Å². The molecule has 0 spiro atoms. The number of ether oxygens (including phenoxy) is 1. The Kier molecular flexibility index (Phi) is 6.87. The van der Waals surface area contributed by atoms with Gasteiger partial charge in [-0.25, -0.2) is 0 Å². The molecule has 1 N–H and O–H groups in total. The van der Waals surface area contributed by atoms with E-state index in [2.05, 4.69) is 24.3 Å². The minimum Gasteiger partial charge on any atom is -0.485 e. The first-order valence-electron chi connectivity index (χ1n) is 10.1. The third-order valence-electron chi connectivity index (χ3n) is 4.98. The Balaban J connectivity index is 1.62. The molecule has 0 bridgehead atoms. The normalized spacial score (nSPS) is 11.2. The third kappa shape index (κ3) is 5.05. The summed E-state index contributed by atoms with van der Waals surface area (Å²) in [4.78, 5) is 12.4. The standard InChI is InChI=1S/C23H28ClN3O3/c1-6-27-12-17(16(5)26-27)11-25-23(28)21-8-7-18(30-21)13-29-22-9-15(4)20(24)10-19(22)14(2)3/h7-10,12,14H,6,11,13H2,1-5H3,(H,25,28). The summed E-state index contributed by atoms with van der Waals surface area (Å²) >= 11 is 6.25. The summed E-state index contributed by atoms with van der Waals surface area (Å²) in [6, 6.07) is 7.30. The van der Waals surface area contributed by atoms with Crippen molar-refractivity contribution in [1.29, 1.82) is 0 Å². The SMILES string of the molecule is CCn1cc(CNC(=O)c2ccc(COc3cc(C)c(Cl)cc3C(C)C)o2)c(C)n1. The number of nitrogens with zero attached hydrogens (tertiary/aromatic N) is 2. The Bertz CT molecular complexity index is 1040. The molecule has 30 heavy (non-hydrogen) atoms. The molecule has 160 valence electrons. The number of rotatable bonds is 8. The maximum absolute atomic E-state index is 12.4. The van der Waals surface area contributed by atoms with Gasteiger partial charge in [-0.3, -0.25) is 9.48 Å². The summed E-state index contributed by atoms with van der Waals surface area (Å²) in [7, 11) is 0. The maximum Gasteiger partial charge on any atom is 0.287 e. The molecule has 0 aliphatic carbocycles. The van der Waals surface area contributed by atoms with Gasteiger partial charge in [0.2, 0.25) is 0 Å². The summed E-state index contributed by atoms with van der Waals surface area (Å²) in [5.74, 6) is 1.62. The number of halogens is 1. The second-order valence-corrected chi connectivity index (χ2v) is 8.03. The fraction of sp³-hybridized carbons (Fsp3) is 0.391. The van der Waals surface area contributed by atoms with E-state index in [1.807, 2.05) is 43.8 Å². The summed E-state index contributed by atoms with van der Waals surface area (Å²) < 4.78 is 13.5. The predicted octanol–water partition coefficient (Wildman–Crippen LogP) is 5.40. The van der Waals surface area contributed by atoms with Gasteiger partial charge >= 0.3 is 0 Å². The first kappa shape index (κ1) is 22.0. The molecule has 0 saturated carbocycles. The molecule has 1 amide bonds. The van der Waals surface area contributed by atoms with Crippen LogP contribution in [0.4, 0.5) is 0 Å². The van der Waals surface area contributed by atoms with Crippen molar-refractivity contribution >= 4 is 17.5 Å². The number of hydrogen-bond donors (Lipinski definition) is 1. The lowest BCUT2D eigenvalue weighted by molar-refractivity contribution is 0.0919. The second-order valence-electron chi connectivity index (χ2n) is 7.63. The van der Waals surface area contributed by atoms with Gasteiger partial charge in [0.15, 0.2) is 5.76 Å². The number of carbonyl (C=O) groups is 1. The Labute approximate surface area is 182 Å². The maximum atomic E-state index is 12.4. The van der Waals surface area contributed by atoms with E-state index in [1.165, 1.54) is 0 Å². The second kappa shape index (κ2) is 9.39. The minimum atomic E-state index is -0.268. The number of carbonyl (C=O) groups excluding carboxylic acids is 1. The van der Waals surface area contributed by atoms with E-state index in [4.69, 9.17) is 20.8 Å². The minimum absolute atomic E-state index is 0.233. The van der Waals surface area contributed by atoms with Gasteiger partial charge < -0.3 is 14.5 Å². The molecule has 7 heteroatoms. The number of furan rings is 1. The Morgan fingerprint density at radius 3 is 2.73 bits per heavy atom. The molecule has 0 radical (unpaired) electrons. The molecule has 2 heterocycles. The van der Waals surface area contributed by atoms with E-state index in [0.29, 0.717) is 12.3 Å². The molecule has 3 rings (SSSR count). The van der Waals surface area contributed by atoms with Gasteiger partial charge in [-0.15, -0.1) is 0 Å². The predicted molar refractivity (Wildman–Crippen MR) is 117 cm³/mol. The van der Waals surface area contributed by atoms with Crippen LogP contribution in [0, 0.1) is 13.8 Å². The molecule has 0 unspecified atom stereocenters. The average molecular weight is 430 g/mol. The van der Waals surface area contributed by atoms with E-state index in [-0.39, 0.29) is 24.2 Å². The Morgan fingerprint density at radius 1 is 1.30 bits per heavy atom. The van der Waals surface area contributed by atoms with Gasteiger partial charge in [-0.2, -0.15) is 5.10 Å². The van der Waals surface area contributed by atoms with Crippen LogP contribution >= 0.6 is 11.6 Å². The molecular formula is C23H28ClN3O3. The van der Waals surface area contributed by atoms with E-state index in [1.54, 1.807) is 12.1 Å². The molecule has 0 aliphatic rings. The van der Waals surface area contributed by atoms with E-state index >= 15 is 0 Å². The van der Waals surface area contributed by atoms with Crippen LogP contribution in [0.3, 0.4) is 0 Å². The first-order chi connectivity index (χ1) is 14.3. The highest BCUT2D eigenvalue weighted by molar-refractivity contribution is 6.31. The first-order valence-corrected chi connectivity index (χ1v) is 10.5. The summed E-state index contributed by atoms with van der Waals surface area (Å²) in [6.45, 7) is 11.5. The van der Waals surface area contributed by atoms with Crippen LogP contribution in [0.25, 0.3) is 0 Å². The lowest BCUT2D eigenvalue weighted by Crippen LogP contribution is -2.22. The van der Waals surface area contributed by atoms with Crippen molar-refractivity contribution in [2.75, 3.05) is 0 Å². The fourth-order valence-electron chi connectivity index (χ4n) is 3.13. The Morgan fingerprint density at radius 2 is 2.07 bits per heavy atom. The lowest BCUT2D eigenvalue weighted by Gasteiger charge is -2.15. The highest BCUT2D eigenvalue weighted by atomic mass is 35.5. The summed E-state index contributed by atoms with van der Waals surface area (Å²) in [5, 5.41) is 7.99. The smallest absolute Gasteiger partial charge is 0.287 e. The highest BCUT2D eigenvalue weighted by Crippen LogP contribution is 2.32. The van der Waals surface area contributed by atoms with Gasteiger partial charge in [0, 0.05) is 29.9 Å². The Hall–Kier alpha value is -2.73. The number of aryl methyl sites for hydroxylation is 3. The van der Waals surface area contributed by atoms with Gasteiger partial charge in [0.05, 0.1) is 5.69 Å². The van der Waals surface area contributed by atoms with Crippen LogP contribution in [0.2, 0.25) is 5.02 Å². The van der Waals surface area contributed by atoms with Crippen LogP contribution in [-0.2, 0) is 19.7 Å². The van der Waals surface area contributed by atoms with Gasteiger partial charge in [0.1, 0.15) is 18.1 Å². The van der Waals surface area contributed by atoms with Crippen molar-refractivity contribution < 1.29 is 13.9 Å². The fourth-order valence-corrected chi connectivity index (χ4v) is 3.30. The summed E-state index contributed by atoms with van der Waals surface area (Å²) in [6.07, 6.45) is 1.94. The third-order valence-corrected chi connectivity index (χ3v) is 5.39. The number of amides is 1. The molecule has 0 aliphatic heterocycles. The molecule has 0 atom stereocenters. The van der Waals surface area contributed by atoms with Crippen molar-refractivity contribution in [3.8, 4) is 5.75 Å². The van der Waals surface area contributed by atoms with Crippen LogP contribution in [0.15, 0.2) is 34.9 Å². The van der Waals surface area contributed by atoms with Crippen molar-refractivity contribution in [2.45, 2.75) is 60.2 Å². The van der Waals surface area contributed by atoms with Gasteiger partial charge in [-0.1, -0.05) is 25.4 Å². The molecule has 1 aromatic carbocycles. The zero-order valence-corrected chi connectivity index (χ0v) is 18.8. The topological polar surface area (TPSA) is 69.3 Å². The van der Waals surface area contributed by atoms with Crippen LogP contribution in [0.5, 0.6) is 5.75 Å². The molecule has 0 fully saturated rings. The van der Waals surface area contributed by atoms with Crippen molar-refractivity contribution in [3.05, 3.63) is 69.4 Å². The quantitative estimate of drug-likeness (QED) is 0.520. The molecule has 3 aromatic rings. The summed E-state index contributed by atoms with van der Waals surface area (Å²) in [5.41, 5.74) is 3.89. The molecular weight excluding hydrogens is 402 g/mol. The number of aromatic nitrogens is 2. The number of benzene rings is 1. The molecule has 2 aromatic heterocycles. The monoisotopic (exact) mass is 429 g/mol. The number of nitrogens with one attached hydrogen (secondary N) is 1.